The molecule has 1 amide bonds. The van der Waals surface area contributed by atoms with Crippen molar-refractivity contribution in [2.75, 3.05) is 20.8 Å². The molecule has 1 atom stereocenters. The summed E-state index contributed by atoms with van der Waals surface area (Å²) >= 11 is 0. The molecule has 2 heterocycles. The van der Waals surface area contributed by atoms with Crippen LogP contribution in [0.1, 0.15) is 40.6 Å². The fraction of sp³-hybridized carbons (Fsp3) is 0.280. The monoisotopic (exact) mass is 420 g/mol. The molecule has 1 aromatic heterocycles. The van der Waals surface area contributed by atoms with E-state index in [2.05, 4.69) is 0 Å². The number of nitrogens with zero attached hydrogens (tertiary/aromatic N) is 2. The zero-order valence-electron chi connectivity index (χ0n) is 17.9. The van der Waals surface area contributed by atoms with Crippen LogP contribution in [-0.2, 0) is 0 Å². The molecule has 0 spiro atoms. The van der Waals surface area contributed by atoms with Crippen LogP contribution >= 0.6 is 0 Å². The Balaban J connectivity index is 1.69. The summed E-state index contributed by atoms with van der Waals surface area (Å²) < 4.78 is 24.1. The maximum atomic E-state index is 13.5. The number of hydrogen-bond donors (Lipinski definition) is 0. The third-order valence-electron chi connectivity index (χ3n) is 5.64. The van der Waals surface area contributed by atoms with Gasteiger partial charge in [-0.05, 0) is 73.4 Å². The molecule has 0 radical (unpaired) electrons. The maximum Gasteiger partial charge on any atom is 0.258 e. The molecule has 1 fully saturated rings. The predicted octanol–water partition coefficient (Wildman–Crippen LogP) is 5.19. The van der Waals surface area contributed by atoms with Gasteiger partial charge < -0.3 is 14.4 Å². The summed E-state index contributed by atoms with van der Waals surface area (Å²) in [4.78, 5) is 20.1. The first-order valence-electron chi connectivity index (χ1n) is 10.3. The topological polar surface area (TPSA) is 51.7 Å². The number of pyridine rings is 1. The van der Waals surface area contributed by atoms with E-state index in [1.165, 1.54) is 12.1 Å². The molecule has 31 heavy (non-hydrogen) atoms. The van der Waals surface area contributed by atoms with E-state index in [0.29, 0.717) is 23.6 Å². The minimum atomic E-state index is -0.269. The van der Waals surface area contributed by atoms with Crippen molar-refractivity contribution in [2.24, 2.45) is 0 Å². The molecule has 0 bridgehead atoms. The van der Waals surface area contributed by atoms with Crippen LogP contribution in [0.3, 0.4) is 0 Å². The van der Waals surface area contributed by atoms with Gasteiger partial charge in [-0.25, -0.2) is 4.39 Å². The number of ether oxygens (including phenoxy) is 2. The first kappa shape index (κ1) is 20.8. The van der Waals surface area contributed by atoms with E-state index in [1.54, 1.807) is 44.6 Å². The van der Waals surface area contributed by atoms with Gasteiger partial charge in [0.15, 0.2) is 0 Å². The molecule has 160 valence electrons. The van der Waals surface area contributed by atoms with E-state index in [9.17, 15) is 9.18 Å². The lowest BCUT2D eigenvalue weighted by Crippen LogP contribution is -2.31. The van der Waals surface area contributed by atoms with E-state index in [1.807, 2.05) is 24.0 Å². The third-order valence-corrected chi connectivity index (χ3v) is 5.64. The van der Waals surface area contributed by atoms with Crippen molar-refractivity contribution in [1.29, 1.82) is 0 Å². The number of aromatic nitrogens is 1. The predicted molar refractivity (Wildman–Crippen MR) is 117 cm³/mol. The summed E-state index contributed by atoms with van der Waals surface area (Å²) in [6, 6.07) is 15.5. The quantitative estimate of drug-likeness (QED) is 0.570. The molecule has 2 aromatic carbocycles. The molecule has 6 heteroatoms. The van der Waals surface area contributed by atoms with Crippen LogP contribution in [0.15, 0.2) is 54.6 Å². The fourth-order valence-corrected chi connectivity index (χ4v) is 4.13. The van der Waals surface area contributed by atoms with Crippen molar-refractivity contribution in [3.05, 3.63) is 77.4 Å². The highest BCUT2D eigenvalue weighted by atomic mass is 19.1. The first-order chi connectivity index (χ1) is 15.0. The zero-order chi connectivity index (χ0) is 22.0. The van der Waals surface area contributed by atoms with Crippen molar-refractivity contribution >= 4 is 5.91 Å². The van der Waals surface area contributed by atoms with E-state index < -0.39 is 0 Å². The number of rotatable bonds is 5. The molecule has 5 nitrogen and oxygen atoms in total. The van der Waals surface area contributed by atoms with Gasteiger partial charge in [-0.2, -0.15) is 0 Å². The summed E-state index contributed by atoms with van der Waals surface area (Å²) in [6.07, 6.45) is 1.72. The number of benzene rings is 2. The Labute approximate surface area is 181 Å². The Hall–Kier alpha value is -3.41. The van der Waals surface area contributed by atoms with Crippen molar-refractivity contribution in [3.8, 4) is 22.6 Å². The van der Waals surface area contributed by atoms with Crippen molar-refractivity contribution < 1.29 is 18.7 Å². The third kappa shape index (κ3) is 4.24. The Morgan fingerprint density at radius 3 is 2.52 bits per heavy atom. The molecule has 3 aromatic rings. The minimum Gasteiger partial charge on any atom is -0.497 e. The molecule has 1 aliphatic heterocycles. The van der Waals surface area contributed by atoms with Gasteiger partial charge >= 0.3 is 0 Å². The number of carbonyl (C=O) groups is 1. The Morgan fingerprint density at radius 2 is 1.81 bits per heavy atom. The van der Waals surface area contributed by atoms with Crippen LogP contribution in [-0.4, -0.2) is 36.6 Å². The minimum absolute atomic E-state index is 0.107. The second-order valence-electron chi connectivity index (χ2n) is 7.65. The van der Waals surface area contributed by atoms with Crippen LogP contribution in [0.4, 0.5) is 4.39 Å². The van der Waals surface area contributed by atoms with Crippen LogP contribution in [0.2, 0.25) is 0 Å². The number of carbonyl (C=O) groups excluding carboxylic acids is 1. The molecule has 1 saturated heterocycles. The van der Waals surface area contributed by atoms with E-state index >= 15 is 0 Å². The smallest absolute Gasteiger partial charge is 0.258 e. The number of amides is 1. The summed E-state index contributed by atoms with van der Waals surface area (Å²) in [5, 5.41) is 0. The summed E-state index contributed by atoms with van der Waals surface area (Å²) in [5.74, 6) is 0.743. The van der Waals surface area contributed by atoms with E-state index in [0.717, 1.165) is 35.4 Å². The van der Waals surface area contributed by atoms with Gasteiger partial charge in [0, 0.05) is 12.2 Å². The molecule has 0 N–H and O–H groups in total. The average molecular weight is 420 g/mol. The molecule has 4 rings (SSSR count). The lowest BCUT2D eigenvalue weighted by atomic mass is 10.0. The van der Waals surface area contributed by atoms with E-state index in [4.69, 9.17) is 14.5 Å². The van der Waals surface area contributed by atoms with Crippen molar-refractivity contribution in [2.45, 2.75) is 25.8 Å². The Kier molecular flexibility index (Phi) is 5.89. The van der Waals surface area contributed by atoms with Crippen molar-refractivity contribution in [3.63, 3.8) is 0 Å². The SMILES string of the molecule is COc1ccc(OC)c(C(=O)N2CCC[C@H]2c2cc(-c3ccc(F)cc3)cc(C)n2)c1. The van der Waals surface area contributed by atoms with Crippen LogP contribution in [0.5, 0.6) is 11.5 Å². The molecular weight excluding hydrogens is 395 g/mol. The Bertz CT molecular complexity index is 1100. The maximum absolute atomic E-state index is 13.5. The summed E-state index contributed by atoms with van der Waals surface area (Å²) in [5.41, 5.74) is 4.04. The average Bonchev–Trinajstić information content (AvgIpc) is 3.28. The largest absolute Gasteiger partial charge is 0.497 e. The molecular formula is C25H25FN2O3. The Morgan fingerprint density at radius 1 is 1.03 bits per heavy atom. The fourth-order valence-electron chi connectivity index (χ4n) is 4.13. The second kappa shape index (κ2) is 8.76. The lowest BCUT2D eigenvalue weighted by molar-refractivity contribution is 0.0729. The van der Waals surface area contributed by atoms with Gasteiger partial charge in [-0.1, -0.05) is 12.1 Å². The number of halogens is 1. The van der Waals surface area contributed by atoms with Gasteiger partial charge in [0.25, 0.3) is 5.91 Å². The van der Waals surface area contributed by atoms with Crippen LogP contribution in [0.25, 0.3) is 11.1 Å². The van der Waals surface area contributed by atoms with Gasteiger partial charge in [0.1, 0.15) is 17.3 Å². The zero-order valence-corrected chi connectivity index (χ0v) is 17.9. The normalized spacial score (nSPS) is 15.7. The second-order valence-corrected chi connectivity index (χ2v) is 7.65. The molecule has 0 saturated carbocycles. The molecule has 0 aliphatic carbocycles. The highest BCUT2D eigenvalue weighted by molar-refractivity contribution is 5.97. The van der Waals surface area contributed by atoms with Crippen LogP contribution < -0.4 is 9.47 Å². The number of hydrogen-bond acceptors (Lipinski definition) is 4. The van der Waals surface area contributed by atoms with E-state index in [-0.39, 0.29) is 17.8 Å². The first-order valence-corrected chi connectivity index (χ1v) is 10.3. The van der Waals surface area contributed by atoms with Crippen LogP contribution in [0, 0.1) is 12.7 Å². The van der Waals surface area contributed by atoms with Gasteiger partial charge in [-0.3, -0.25) is 9.78 Å². The highest BCUT2D eigenvalue weighted by Crippen LogP contribution is 2.36. The van der Waals surface area contributed by atoms with Gasteiger partial charge in [0.2, 0.25) is 0 Å². The lowest BCUT2D eigenvalue weighted by Gasteiger charge is -2.26. The molecule has 0 unspecified atom stereocenters. The summed E-state index contributed by atoms with van der Waals surface area (Å²) in [6.45, 7) is 2.58. The van der Waals surface area contributed by atoms with Gasteiger partial charge in [-0.15, -0.1) is 0 Å². The number of aryl methyl sites for hydroxylation is 1. The molecule has 1 aliphatic rings. The highest BCUT2D eigenvalue weighted by Gasteiger charge is 2.33. The van der Waals surface area contributed by atoms with Crippen molar-refractivity contribution in [1.82, 2.24) is 9.88 Å². The summed E-state index contributed by atoms with van der Waals surface area (Å²) in [7, 11) is 3.12. The van der Waals surface area contributed by atoms with Gasteiger partial charge in [0.05, 0.1) is 31.5 Å². The number of methoxy groups -OCH3 is 2. The standard InChI is InChI=1S/C25H25FN2O3/c1-16-13-18(17-6-8-19(26)9-7-17)14-22(27-16)23-5-4-12-28(23)25(29)21-15-20(30-2)10-11-24(21)31-3/h6-11,13-15,23H,4-5,12H2,1-3H3/t23-/m0/s1. The number of likely N-dealkylation sites (tertiary alicyclic amines) is 1.